The quantitative estimate of drug-likeness (QED) is 0.807. The minimum absolute atomic E-state index is 0.0506. The summed E-state index contributed by atoms with van der Waals surface area (Å²) in [5, 5.41) is 2.83. The van der Waals surface area contributed by atoms with Gasteiger partial charge in [-0.25, -0.2) is 0 Å². The van der Waals surface area contributed by atoms with Gasteiger partial charge in [-0.1, -0.05) is 29.3 Å². The van der Waals surface area contributed by atoms with Crippen LogP contribution in [0, 0.1) is 0 Å². The predicted octanol–water partition coefficient (Wildman–Crippen LogP) is 1.92. The van der Waals surface area contributed by atoms with Crippen molar-refractivity contribution in [3.05, 3.63) is 34.3 Å². The highest BCUT2D eigenvalue weighted by Gasteiger charge is 2.47. The zero-order chi connectivity index (χ0) is 18.0. The van der Waals surface area contributed by atoms with Gasteiger partial charge in [-0.2, -0.15) is 0 Å². The van der Waals surface area contributed by atoms with Crippen LogP contribution < -0.4 is 5.32 Å². The van der Waals surface area contributed by atoms with Crippen LogP contribution in [0.1, 0.15) is 36.5 Å². The first-order valence-electron chi connectivity index (χ1n) is 8.52. The number of hydrogen-bond acceptors (Lipinski definition) is 4. The molecule has 2 amide bonds. The Kier molecular flexibility index (Phi) is 5.54. The van der Waals surface area contributed by atoms with E-state index in [0.29, 0.717) is 24.9 Å². The second-order valence-electron chi connectivity index (χ2n) is 6.40. The summed E-state index contributed by atoms with van der Waals surface area (Å²) in [7, 11) is 0. The molecule has 2 fully saturated rings. The van der Waals surface area contributed by atoms with Crippen LogP contribution >= 0.6 is 15.9 Å². The van der Waals surface area contributed by atoms with Gasteiger partial charge in [0.2, 0.25) is 5.91 Å². The Morgan fingerprint density at radius 1 is 1.36 bits per heavy atom. The number of carbonyl (C=O) groups excluding carboxylic acids is 3. The fraction of sp³-hybridized carbons (Fsp3) is 0.500. The number of carbonyl (C=O) groups is 3. The van der Waals surface area contributed by atoms with Crippen molar-refractivity contribution in [1.29, 1.82) is 0 Å². The lowest BCUT2D eigenvalue weighted by atomic mass is 10.1. The largest absolute Gasteiger partial charge is 0.368 e. The van der Waals surface area contributed by atoms with Crippen molar-refractivity contribution in [2.45, 2.75) is 44.4 Å². The van der Waals surface area contributed by atoms with Gasteiger partial charge in [-0.3, -0.25) is 14.4 Å². The van der Waals surface area contributed by atoms with Gasteiger partial charge in [0.25, 0.3) is 5.91 Å². The number of likely N-dealkylation sites (tertiary alicyclic amines) is 1. The van der Waals surface area contributed by atoms with Crippen LogP contribution in [0.2, 0.25) is 0 Å². The standard InChI is InChI=1S/C18H21BrN2O4/c1-2-3-13(20-17(23)11-4-6-12(19)7-5-11)18(24)21-9-8-15-16(21)14(22)10-25-15/h4-7,13,15-16H,2-3,8-10H2,1H3,(H,20,23). The molecular weight excluding hydrogens is 388 g/mol. The Morgan fingerprint density at radius 2 is 2.08 bits per heavy atom. The van der Waals surface area contributed by atoms with E-state index in [9.17, 15) is 14.4 Å². The molecule has 0 bridgehead atoms. The molecule has 2 saturated heterocycles. The van der Waals surface area contributed by atoms with Gasteiger partial charge in [0, 0.05) is 16.6 Å². The monoisotopic (exact) mass is 408 g/mol. The molecule has 6 nitrogen and oxygen atoms in total. The average Bonchev–Trinajstić information content (AvgIpc) is 3.17. The zero-order valence-corrected chi connectivity index (χ0v) is 15.6. The highest BCUT2D eigenvalue weighted by atomic mass is 79.9. The summed E-state index contributed by atoms with van der Waals surface area (Å²) in [6, 6.07) is 5.85. The number of halogens is 1. The maximum Gasteiger partial charge on any atom is 0.251 e. The number of fused-ring (bicyclic) bond motifs is 1. The van der Waals surface area contributed by atoms with Crippen LogP contribution in [0.15, 0.2) is 28.7 Å². The molecule has 0 spiro atoms. The molecular formula is C18H21BrN2O4. The van der Waals surface area contributed by atoms with E-state index < -0.39 is 12.1 Å². The third-order valence-electron chi connectivity index (χ3n) is 4.68. The first-order valence-corrected chi connectivity index (χ1v) is 9.31. The van der Waals surface area contributed by atoms with Crippen LogP contribution in [-0.4, -0.2) is 53.8 Å². The highest BCUT2D eigenvalue weighted by Crippen LogP contribution is 2.28. The molecule has 0 saturated carbocycles. The Hall–Kier alpha value is -1.73. The molecule has 0 radical (unpaired) electrons. The maximum absolute atomic E-state index is 12.9. The van der Waals surface area contributed by atoms with Gasteiger partial charge < -0.3 is 15.0 Å². The Bertz CT molecular complexity index is 676. The number of hydrogen-bond donors (Lipinski definition) is 1. The van der Waals surface area contributed by atoms with E-state index in [1.54, 1.807) is 29.2 Å². The summed E-state index contributed by atoms with van der Waals surface area (Å²) < 4.78 is 6.32. The smallest absolute Gasteiger partial charge is 0.251 e. The Balaban J connectivity index is 1.72. The van der Waals surface area contributed by atoms with E-state index in [1.807, 2.05) is 6.92 Å². The third-order valence-corrected chi connectivity index (χ3v) is 5.21. The second kappa shape index (κ2) is 7.66. The first kappa shape index (κ1) is 18.1. The Morgan fingerprint density at radius 3 is 2.76 bits per heavy atom. The lowest BCUT2D eigenvalue weighted by Crippen LogP contribution is -2.52. The molecule has 1 aromatic carbocycles. The molecule has 3 unspecified atom stereocenters. The van der Waals surface area contributed by atoms with E-state index in [2.05, 4.69) is 21.2 Å². The normalized spacial score (nSPS) is 23.4. The number of nitrogens with zero attached hydrogens (tertiary/aromatic N) is 1. The van der Waals surface area contributed by atoms with Gasteiger partial charge in [-0.15, -0.1) is 0 Å². The maximum atomic E-state index is 12.9. The predicted molar refractivity (Wildman–Crippen MR) is 95.2 cm³/mol. The van der Waals surface area contributed by atoms with Gasteiger partial charge in [0.1, 0.15) is 18.7 Å². The summed E-state index contributed by atoms with van der Waals surface area (Å²) in [6.07, 6.45) is 1.76. The van der Waals surface area contributed by atoms with Crippen molar-refractivity contribution >= 4 is 33.5 Å². The molecule has 2 heterocycles. The van der Waals surface area contributed by atoms with Crippen LogP contribution in [0.5, 0.6) is 0 Å². The summed E-state index contributed by atoms with van der Waals surface area (Å²) in [4.78, 5) is 39.0. The van der Waals surface area contributed by atoms with Crippen molar-refractivity contribution in [3.8, 4) is 0 Å². The Labute approximate surface area is 155 Å². The van der Waals surface area contributed by atoms with Crippen molar-refractivity contribution < 1.29 is 19.1 Å². The minimum atomic E-state index is -0.631. The zero-order valence-electron chi connectivity index (χ0n) is 14.0. The van der Waals surface area contributed by atoms with E-state index in [1.165, 1.54) is 0 Å². The highest BCUT2D eigenvalue weighted by molar-refractivity contribution is 9.10. The lowest BCUT2D eigenvalue weighted by molar-refractivity contribution is -0.138. The van der Waals surface area contributed by atoms with E-state index in [-0.39, 0.29) is 30.3 Å². The van der Waals surface area contributed by atoms with Gasteiger partial charge in [0.15, 0.2) is 5.78 Å². The van der Waals surface area contributed by atoms with E-state index in [4.69, 9.17) is 4.74 Å². The first-order chi connectivity index (χ1) is 12.0. The van der Waals surface area contributed by atoms with Crippen molar-refractivity contribution in [3.63, 3.8) is 0 Å². The summed E-state index contributed by atoms with van der Waals surface area (Å²) in [6.45, 7) is 2.53. The number of ether oxygens (including phenoxy) is 1. The number of benzene rings is 1. The topological polar surface area (TPSA) is 75.7 Å². The van der Waals surface area contributed by atoms with Crippen LogP contribution in [0.25, 0.3) is 0 Å². The summed E-state index contributed by atoms with van der Waals surface area (Å²) in [5.41, 5.74) is 0.497. The fourth-order valence-electron chi connectivity index (χ4n) is 3.43. The number of nitrogens with one attached hydrogen (secondary N) is 1. The van der Waals surface area contributed by atoms with Crippen molar-refractivity contribution in [2.75, 3.05) is 13.2 Å². The van der Waals surface area contributed by atoms with Crippen molar-refractivity contribution in [2.24, 2.45) is 0 Å². The lowest BCUT2D eigenvalue weighted by Gasteiger charge is -2.27. The van der Waals surface area contributed by atoms with Gasteiger partial charge in [0.05, 0.1) is 6.10 Å². The molecule has 3 atom stereocenters. The molecule has 0 aliphatic carbocycles. The fourth-order valence-corrected chi connectivity index (χ4v) is 3.69. The van der Waals surface area contributed by atoms with E-state index >= 15 is 0 Å². The van der Waals surface area contributed by atoms with Gasteiger partial charge in [-0.05, 0) is 37.1 Å². The van der Waals surface area contributed by atoms with Crippen LogP contribution in [-0.2, 0) is 14.3 Å². The SMILES string of the molecule is CCCC(NC(=O)c1ccc(Br)cc1)C(=O)N1CCC2OCC(=O)C21. The summed E-state index contributed by atoms with van der Waals surface area (Å²) in [5.74, 6) is -0.534. The molecule has 1 N–H and O–H groups in total. The third kappa shape index (κ3) is 3.77. The number of Topliss-reactive ketones (excluding diaryl/α,β-unsaturated/α-hetero) is 1. The number of amides is 2. The molecule has 0 aromatic heterocycles. The van der Waals surface area contributed by atoms with Crippen LogP contribution in [0.4, 0.5) is 0 Å². The van der Waals surface area contributed by atoms with Gasteiger partial charge >= 0.3 is 0 Å². The molecule has 1 aromatic rings. The molecule has 2 aliphatic rings. The number of ketones is 1. The van der Waals surface area contributed by atoms with Crippen molar-refractivity contribution in [1.82, 2.24) is 10.2 Å². The average molecular weight is 409 g/mol. The minimum Gasteiger partial charge on any atom is -0.368 e. The molecule has 3 rings (SSSR count). The molecule has 25 heavy (non-hydrogen) atoms. The molecule has 134 valence electrons. The molecule has 7 heteroatoms. The number of rotatable bonds is 5. The second-order valence-corrected chi connectivity index (χ2v) is 7.32. The summed E-state index contributed by atoms with van der Waals surface area (Å²) >= 11 is 3.33. The van der Waals surface area contributed by atoms with E-state index in [0.717, 1.165) is 10.9 Å². The van der Waals surface area contributed by atoms with Crippen LogP contribution in [0.3, 0.4) is 0 Å². The molecule has 2 aliphatic heterocycles.